The molecule has 0 heterocycles. The Bertz CT molecular complexity index is 150. The van der Waals surface area contributed by atoms with Crippen molar-refractivity contribution in [1.29, 1.82) is 0 Å². The summed E-state index contributed by atoms with van der Waals surface area (Å²) < 4.78 is 0. The number of unbranched alkanes of at least 4 members (excludes halogenated alkanes) is 2. The summed E-state index contributed by atoms with van der Waals surface area (Å²) in [6.07, 6.45) is 7.29. The number of nitrogens with zero attached hydrogens (tertiary/aromatic N) is 1. The van der Waals surface area contributed by atoms with Crippen LogP contribution >= 0.6 is 0 Å². The number of carbonyl (C=O) groups is 1. The molecule has 0 aromatic rings. The zero-order valence-electron chi connectivity index (χ0n) is 8.34. The summed E-state index contributed by atoms with van der Waals surface area (Å²) in [7, 11) is 3.87. The molecule has 0 bridgehead atoms. The SMILES string of the molecule is CCCCCC(C=O)=CN(C)C. The minimum absolute atomic E-state index is 0.897. The Morgan fingerprint density at radius 2 is 2.00 bits per heavy atom. The van der Waals surface area contributed by atoms with Gasteiger partial charge in [-0.05, 0) is 12.8 Å². The van der Waals surface area contributed by atoms with E-state index in [4.69, 9.17) is 0 Å². The van der Waals surface area contributed by atoms with Gasteiger partial charge < -0.3 is 4.90 Å². The predicted molar refractivity (Wildman–Crippen MR) is 52.0 cm³/mol. The number of allylic oxidation sites excluding steroid dienone is 1. The first-order chi connectivity index (χ1) is 5.70. The minimum atomic E-state index is 0.897. The highest BCUT2D eigenvalue weighted by Gasteiger charge is 1.95. The molecule has 0 unspecified atom stereocenters. The van der Waals surface area contributed by atoms with Crippen molar-refractivity contribution in [3.05, 3.63) is 11.8 Å². The molecule has 0 aromatic heterocycles. The average Bonchev–Trinajstić information content (AvgIpc) is 2.02. The van der Waals surface area contributed by atoms with Gasteiger partial charge >= 0.3 is 0 Å². The highest BCUT2D eigenvalue weighted by molar-refractivity contribution is 5.72. The lowest BCUT2D eigenvalue weighted by atomic mass is 10.1. The topological polar surface area (TPSA) is 20.3 Å². The average molecular weight is 169 g/mol. The van der Waals surface area contributed by atoms with Crippen LogP contribution in [0.15, 0.2) is 11.8 Å². The van der Waals surface area contributed by atoms with Crippen LogP contribution in [0.3, 0.4) is 0 Å². The molecule has 0 aliphatic rings. The lowest BCUT2D eigenvalue weighted by molar-refractivity contribution is -0.105. The van der Waals surface area contributed by atoms with Crippen LogP contribution in [0.1, 0.15) is 32.6 Å². The molecule has 0 aliphatic heterocycles. The molecule has 0 radical (unpaired) electrons. The van der Waals surface area contributed by atoms with Crippen molar-refractivity contribution in [1.82, 2.24) is 4.90 Å². The first-order valence-corrected chi connectivity index (χ1v) is 4.53. The summed E-state index contributed by atoms with van der Waals surface area (Å²) in [6.45, 7) is 2.16. The molecule has 0 saturated heterocycles. The van der Waals surface area contributed by atoms with Gasteiger partial charge in [-0.2, -0.15) is 0 Å². The molecular formula is C10H19NO. The molecule has 0 aliphatic carbocycles. The van der Waals surface area contributed by atoms with Crippen molar-refractivity contribution in [2.75, 3.05) is 14.1 Å². The fourth-order valence-electron chi connectivity index (χ4n) is 1.06. The van der Waals surface area contributed by atoms with Gasteiger partial charge in [0, 0.05) is 25.9 Å². The third-order valence-electron chi connectivity index (χ3n) is 1.64. The second-order valence-corrected chi connectivity index (χ2v) is 3.24. The van der Waals surface area contributed by atoms with Crippen molar-refractivity contribution < 1.29 is 4.79 Å². The Kier molecular flexibility index (Phi) is 6.44. The maximum atomic E-state index is 10.5. The molecule has 0 aromatic carbocycles. The van der Waals surface area contributed by atoms with E-state index in [1.807, 2.05) is 25.2 Å². The second-order valence-electron chi connectivity index (χ2n) is 3.24. The van der Waals surface area contributed by atoms with Crippen LogP contribution in [0.25, 0.3) is 0 Å². The van der Waals surface area contributed by atoms with Gasteiger partial charge in [0.15, 0.2) is 0 Å². The normalized spacial score (nSPS) is 11.4. The van der Waals surface area contributed by atoms with E-state index < -0.39 is 0 Å². The van der Waals surface area contributed by atoms with Crippen molar-refractivity contribution in [2.24, 2.45) is 0 Å². The molecule has 0 amide bonds. The molecule has 0 saturated carbocycles. The number of aldehydes is 1. The largest absolute Gasteiger partial charge is 0.383 e. The van der Waals surface area contributed by atoms with Crippen LogP contribution in [0, 0.1) is 0 Å². The quantitative estimate of drug-likeness (QED) is 0.345. The third kappa shape index (κ3) is 5.96. The van der Waals surface area contributed by atoms with Gasteiger partial charge in [0.1, 0.15) is 6.29 Å². The molecule has 2 heteroatoms. The fourth-order valence-corrected chi connectivity index (χ4v) is 1.06. The van der Waals surface area contributed by atoms with E-state index in [-0.39, 0.29) is 0 Å². The van der Waals surface area contributed by atoms with Crippen molar-refractivity contribution in [3.63, 3.8) is 0 Å². The van der Waals surface area contributed by atoms with Gasteiger partial charge in [0.2, 0.25) is 0 Å². The standard InChI is InChI=1S/C10H19NO/c1-4-5-6-7-10(9-12)8-11(2)3/h8-9H,4-7H2,1-3H3. The van der Waals surface area contributed by atoms with E-state index in [0.29, 0.717) is 0 Å². The molecule has 70 valence electrons. The second kappa shape index (κ2) is 6.89. The van der Waals surface area contributed by atoms with Crippen molar-refractivity contribution in [3.8, 4) is 0 Å². The summed E-state index contributed by atoms with van der Waals surface area (Å²) in [5.74, 6) is 0. The fraction of sp³-hybridized carbons (Fsp3) is 0.700. The minimum Gasteiger partial charge on any atom is -0.383 e. The predicted octanol–water partition coefficient (Wildman–Crippen LogP) is 2.21. The Morgan fingerprint density at radius 1 is 1.33 bits per heavy atom. The van der Waals surface area contributed by atoms with E-state index in [0.717, 1.165) is 24.7 Å². The number of rotatable bonds is 6. The monoisotopic (exact) mass is 169 g/mol. The molecule has 0 rings (SSSR count). The molecule has 2 nitrogen and oxygen atoms in total. The first kappa shape index (κ1) is 11.2. The van der Waals surface area contributed by atoms with Crippen LogP contribution in [-0.2, 0) is 4.79 Å². The number of hydrogen-bond donors (Lipinski definition) is 0. The van der Waals surface area contributed by atoms with Gasteiger partial charge in [-0.15, -0.1) is 0 Å². The molecule has 0 atom stereocenters. The Balaban J connectivity index is 3.75. The van der Waals surface area contributed by atoms with Crippen LogP contribution in [0.4, 0.5) is 0 Å². The van der Waals surface area contributed by atoms with Crippen LogP contribution in [-0.4, -0.2) is 25.3 Å². The highest BCUT2D eigenvalue weighted by Crippen LogP contribution is 2.06. The van der Waals surface area contributed by atoms with Gasteiger partial charge in [-0.1, -0.05) is 19.8 Å². The first-order valence-electron chi connectivity index (χ1n) is 4.53. The van der Waals surface area contributed by atoms with Crippen molar-refractivity contribution in [2.45, 2.75) is 32.6 Å². The Hall–Kier alpha value is -0.790. The van der Waals surface area contributed by atoms with Crippen LogP contribution in [0.2, 0.25) is 0 Å². The van der Waals surface area contributed by atoms with E-state index in [2.05, 4.69) is 6.92 Å². The van der Waals surface area contributed by atoms with Crippen LogP contribution < -0.4 is 0 Å². The summed E-state index contributed by atoms with van der Waals surface area (Å²) in [6, 6.07) is 0. The summed E-state index contributed by atoms with van der Waals surface area (Å²) in [4.78, 5) is 12.5. The maximum absolute atomic E-state index is 10.5. The van der Waals surface area contributed by atoms with Gasteiger partial charge in [0.05, 0.1) is 0 Å². The zero-order chi connectivity index (χ0) is 9.40. The molecule has 12 heavy (non-hydrogen) atoms. The summed E-state index contributed by atoms with van der Waals surface area (Å²) in [5, 5.41) is 0. The van der Waals surface area contributed by atoms with Crippen molar-refractivity contribution >= 4 is 6.29 Å². The van der Waals surface area contributed by atoms with E-state index in [1.165, 1.54) is 12.8 Å². The summed E-state index contributed by atoms with van der Waals surface area (Å²) in [5.41, 5.74) is 0.897. The molecule has 0 spiro atoms. The molecule has 0 N–H and O–H groups in total. The van der Waals surface area contributed by atoms with E-state index >= 15 is 0 Å². The maximum Gasteiger partial charge on any atom is 0.147 e. The smallest absolute Gasteiger partial charge is 0.147 e. The van der Waals surface area contributed by atoms with Gasteiger partial charge in [0.25, 0.3) is 0 Å². The van der Waals surface area contributed by atoms with Crippen LogP contribution in [0.5, 0.6) is 0 Å². The number of hydrogen-bond acceptors (Lipinski definition) is 2. The lowest BCUT2D eigenvalue weighted by Gasteiger charge is -2.06. The zero-order valence-corrected chi connectivity index (χ0v) is 8.34. The van der Waals surface area contributed by atoms with Gasteiger partial charge in [-0.3, -0.25) is 4.79 Å². The van der Waals surface area contributed by atoms with Gasteiger partial charge in [-0.25, -0.2) is 0 Å². The Morgan fingerprint density at radius 3 is 2.42 bits per heavy atom. The van der Waals surface area contributed by atoms with E-state index in [9.17, 15) is 4.79 Å². The lowest BCUT2D eigenvalue weighted by Crippen LogP contribution is -2.03. The number of carbonyl (C=O) groups excluding carboxylic acids is 1. The molecule has 0 fully saturated rings. The van der Waals surface area contributed by atoms with E-state index in [1.54, 1.807) is 0 Å². The highest BCUT2D eigenvalue weighted by atomic mass is 16.1. The third-order valence-corrected chi connectivity index (χ3v) is 1.64. The summed E-state index contributed by atoms with van der Waals surface area (Å²) >= 11 is 0. The molecular weight excluding hydrogens is 150 g/mol. The Labute approximate surface area is 75.3 Å².